The van der Waals surface area contributed by atoms with Crippen molar-refractivity contribution in [2.24, 2.45) is 18.9 Å². The lowest BCUT2D eigenvalue weighted by molar-refractivity contribution is -0.140. The Bertz CT molecular complexity index is 504. The van der Waals surface area contributed by atoms with Gasteiger partial charge in [0.15, 0.2) is 0 Å². The van der Waals surface area contributed by atoms with E-state index in [1.54, 1.807) is 18.5 Å². The fraction of sp³-hybridized carbons (Fsp3) is 0.583. The Balaban J connectivity index is 2.30. The number of aromatic nitrogens is 2. The average Bonchev–Trinajstić information content (AvgIpc) is 2.66. The molecule has 2 heterocycles. The van der Waals surface area contributed by atoms with Crippen LogP contribution >= 0.6 is 15.9 Å². The number of nitrogens with zero attached hydrogens (tertiary/aromatic N) is 3. The predicted molar refractivity (Wildman–Crippen MR) is 69.5 cm³/mol. The van der Waals surface area contributed by atoms with Crippen molar-refractivity contribution >= 4 is 27.7 Å². The smallest absolute Gasteiger partial charge is 0.233 e. The lowest BCUT2D eigenvalue weighted by Gasteiger charge is -2.14. The normalized spacial score (nSPS) is 24.2. The van der Waals surface area contributed by atoms with Crippen LogP contribution in [0, 0.1) is 18.8 Å². The van der Waals surface area contributed by atoms with Gasteiger partial charge in [0.2, 0.25) is 11.8 Å². The Morgan fingerprint density at radius 3 is 2.11 bits per heavy atom. The molecule has 98 valence electrons. The van der Waals surface area contributed by atoms with E-state index in [2.05, 4.69) is 21.0 Å². The first-order chi connectivity index (χ1) is 8.34. The summed E-state index contributed by atoms with van der Waals surface area (Å²) < 4.78 is 2.56. The molecule has 0 N–H and O–H groups in total. The first kappa shape index (κ1) is 13.3. The van der Waals surface area contributed by atoms with Crippen LogP contribution < -0.4 is 0 Å². The summed E-state index contributed by atoms with van der Waals surface area (Å²) in [5.41, 5.74) is 1.70. The fourth-order valence-corrected chi connectivity index (χ4v) is 2.65. The zero-order chi connectivity index (χ0) is 13.6. The van der Waals surface area contributed by atoms with Gasteiger partial charge in [-0.3, -0.25) is 19.2 Å². The molecule has 0 spiro atoms. The van der Waals surface area contributed by atoms with Crippen LogP contribution in [0.3, 0.4) is 0 Å². The minimum atomic E-state index is -0.231. The zero-order valence-corrected chi connectivity index (χ0v) is 12.5. The molecule has 0 saturated carbocycles. The van der Waals surface area contributed by atoms with Crippen molar-refractivity contribution in [2.45, 2.75) is 27.3 Å². The average molecular weight is 314 g/mol. The van der Waals surface area contributed by atoms with Gasteiger partial charge in [-0.05, 0) is 22.9 Å². The molecule has 5 nitrogen and oxygen atoms in total. The third kappa shape index (κ3) is 1.88. The van der Waals surface area contributed by atoms with Crippen LogP contribution in [0.1, 0.15) is 25.2 Å². The number of halogens is 1. The van der Waals surface area contributed by atoms with Crippen LogP contribution in [0.25, 0.3) is 0 Å². The number of hydrogen-bond donors (Lipinski definition) is 0. The van der Waals surface area contributed by atoms with Crippen molar-refractivity contribution in [3.63, 3.8) is 0 Å². The summed E-state index contributed by atoms with van der Waals surface area (Å²) in [5.74, 6) is -0.660. The molecule has 0 radical (unpaired) electrons. The van der Waals surface area contributed by atoms with Gasteiger partial charge in [-0.15, -0.1) is 0 Å². The Hall–Kier alpha value is -1.17. The van der Waals surface area contributed by atoms with Crippen LogP contribution in [-0.4, -0.2) is 26.5 Å². The highest BCUT2D eigenvalue weighted by atomic mass is 79.9. The summed E-state index contributed by atoms with van der Waals surface area (Å²) in [5, 5.41) is 4.26. The van der Waals surface area contributed by atoms with Crippen molar-refractivity contribution in [3.8, 4) is 0 Å². The number of aryl methyl sites for hydroxylation is 2. The Kier molecular flexibility index (Phi) is 3.31. The van der Waals surface area contributed by atoms with Crippen molar-refractivity contribution in [2.75, 3.05) is 0 Å². The minimum Gasteiger partial charge on any atom is -0.276 e. The van der Waals surface area contributed by atoms with Crippen molar-refractivity contribution in [1.82, 2.24) is 14.7 Å². The Labute approximate surface area is 114 Å². The van der Waals surface area contributed by atoms with Gasteiger partial charge in [0.25, 0.3) is 0 Å². The van der Waals surface area contributed by atoms with Crippen LogP contribution in [0.2, 0.25) is 0 Å². The lowest BCUT2D eigenvalue weighted by Crippen LogP contribution is -2.31. The number of amides is 2. The molecule has 1 fully saturated rings. The summed E-state index contributed by atoms with van der Waals surface area (Å²) in [4.78, 5) is 25.4. The Morgan fingerprint density at radius 1 is 1.22 bits per heavy atom. The van der Waals surface area contributed by atoms with E-state index in [0.717, 1.165) is 15.9 Å². The van der Waals surface area contributed by atoms with Crippen molar-refractivity contribution in [3.05, 3.63) is 15.9 Å². The van der Waals surface area contributed by atoms with E-state index >= 15 is 0 Å². The SMILES string of the molecule is Cc1nn(C)c(CN2C(=O)C(C)C(C)C2=O)c1Br. The number of likely N-dealkylation sites (tertiary alicyclic amines) is 1. The van der Waals surface area contributed by atoms with Gasteiger partial charge in [0.05, 0.1) is 22.4 Å². The minimum absolute atomic E-state index is 0.0988. The largest absolute Gasteiger partial charge is 0.276 e. The quantitative estimate of drug-likeness (QED) is 0.780. The number of imide groups is 1. The number of carbonyl (C=O) groups is 2. The second kappa shape index (κ2) is 4.50. The maximum absolute atomic E-state index is 12.0. The topological polar surface area (TPSA) is 55.2 Å². The molecule has 2 atom stereocenters. The van der Waals surface area contributed by atoms with E-state index < -0.39 is 0 Å². The monoisotopic (exact) mass is 313 g/mol. The highest BCUT2D eigenvalue weighted by Crippen LogP contribution is 2.29. The molecule has 1 aliphatic rings. The van der Waals surface area contributed by atoms with E-state index in [4.69, 9.17) is 0 Å². The van der Waals surface area contributed by atoms with Crippen LogP contribution in [0.15, 0.2) is 4.47 Å². The molecule has 0 bridgehead atoms. The van der Waals surface area contributed by atoms with E-state index in [1.165, 1.54) is 4.90 Å². The van der Waals surface area contributed by atoms with Gasteiger partial charge in [0.1, 0.15) is 0 Å². The molecule has 2 unspecified atom stereocenters. The van der Waals surface area contributed by atoms with Crippen molar-refractivity contribution in [1.29, 1.82) is 0 Å². The van der Waals surface area contributed by atoms with E-state index in [9.17, 15) is 9.59 Å². The van der Waals surface area contributed by atoms with Gasteiger partial charge in [-0.1, -0.05) is 13.8 Å². The predicted octanol–water partition coefficient (Wildman–Crippen LogP) is 1.63. The highest BCUT2D eigenvalue weighted by molar-refractivity contribution is 9.10. The lowest BCUT2D eigenvalue weighted by atomic mass is 10.00. The van der Waals surface area contributed by atoms with Crippen LogP contribution in [0.5, 0.6) is 0 Å². The Morgan fingerprint density at radius 2 is 1.72 bits per heavy atom. The second-order valence-corrected chi connectivity index (χ2v) is 5.60. The molecule has 18 heavy (non-hydrogen) atoms. The summed E-state index contributed by atoms with van der Waals surface area (Å²) in [6, 6.07) is 0. The summed E-state index contributed by atoms with van der Waals surface area (Å²) in [7, 11) is 1.81. The fourth-order valence-electron chi connectivity index (χ4n) is 2.19. The first-order valence-corrected chi connectivity index (χ1v) is 6.67. The molecular formula is C12H16BrN3O2. The molecular weight excluding hydrogens is 298 g/mol. The molecule has 1 aromatic heterocycles. The molecule has 0 aliphatic carbocycles. The van der Waals surface area contributed by atoms with Gasteiger partial charge >= 0.3 is 0 Å². The molecule has 0 aromatic carbocycles. The van der Waals surface area contributed by atoms with Crippen LogP contribution in [0.4, 0.5) is 0 Å². The van der Waals surface area contributed by atoms with Gasteiger partial charge in [0, 0.05) is 18.9 Å². The summed E-state index contributed by atoms with van der Waals surface area (Å²) in [6.07, 6.45) is 0. The molecule has 2 rings (SSSR count). The molecule has 1 aromatic rings. The third-order valence-corrected chi connectivity index (χ3v) is 4.66. The van der Waals surface area contributed by atoms with E-state index in [-0.39, 0.29) is 30.2 Å². The number of carbonyl (C=O) groups excluding carboxylic acids is 2. The second-order valence-electron chi connectivity index (χ2n) is 4.81. The molecule has 2 amide bonds. The van der Waals surface area contributed by atoms with E-state index in [1.807, 2.05) is 14.0 Å². The van der Waals surface area contributed by atoms with Gasteiger partial charge < -0.3 is 0 Å². The first-order valence-electron chi connectivity index (χ1n) is 5.87. The standard InChI is InChI=1S/C12H16BrN3O2/c1-6-7(2)12(18)16(11(6)17)5-9-10(13)8(3)14-15(9)4/h6-7H,5H2,1-4H3. The number of hydrogen-bond acceptors (Lipinski definition) is 3. The maximum atomic E-state index is 12.0. The van der Waals surface area contributed by atoms with Gasteiger partial charge in [-0.25, -0.2) is 0 Å². The molecule has 1 saturated heterocycles. The van der Waals surface area contributed by atoms with E-state index in [0.29, 0.717) is 0 Å². The highest BCUT2D eigenvalue weighted by Gasteiger charge is 2.42. The summed E-state index contributed by atoms with van der Waals surface area (Å²) in [6.45, 7) is 5.76. The maximum Gasteiger partial charge on any atom is 0.233 e. The van der Waals surface area contributed by atoms with Gasteiger partial charge in [-0.2, -0.15) is 5.10 Å². The molecule has 6 heteroatoms. The zero-order valence-electron chi connectivity index (χ0n) is 10.9. The number of rotatable bonds is 2. The molecule has 1 aliphatic heterocycles. The summed E-state index contributed by atoms with van der Waals surface area (Å²) >= 11 is 3.45. The van der Waals surface area contributed by atoms with Crippen LogP contribution in [-0.2, 0) is 23.2 Å². The van der Waals surface area contributed by atoms with Crippen molar-refractivity contribution < 1.29 is 9.59 Å². The third-order valence-electron chi connectivity index (χ3n) is 3.63.